The summed E-state index contributed by atoms with van der Waals surface area (Å²) in [6.07, 6.45) is 5.08. The Kier molecular flexibility index (Phi) is 9.07. The number of nitrogens with zero attached hydrogens (tertiary/aromatic N) is 2. The fourth-order valence-corrected chi connectivity index (χ4v) is 2.99. The summed E-state index contributed by atoms with van der Waals surface area (Å²) in [6.45, 7) is 9.52. The van der Waals surface area contributed by atoms with E-state index >= 15 is 0 Å². The van der Waals surface area contributed by atoms with Gasteiger partial charge in [-0.05, 0) is 68.7 Å². The highest BCUT2D eigenvalue weighted by Gasteiger charge is 2.07. The first-order chi connectivity index (χ1) is 14.8. The molecule has 0 aliphatic rings. The number of amides is 1. The molecule has 31 heavy (non-hydrogen) atoms. The van der Waals surface area contributed by atoms with Crippen LogP contribution in [0.15, 0.2) is 76.9 Å². The van der Waals surface area contributed by atoms with Crippen molar-refractivity contribution in [1.82, 2.24) is 10.2 Å². The lowest BCUT2D eigenvalue weighted by atomic mass is 10.0. The minimum Gasteiger partial charge on any atom is -0.399 e. The lowest BCUT2D eigenvalue weighted by molar-refractivity contribution is 0.0957. The number of hydrogen-bond donors (Lipinski definition) is 2. The molecular formula is C26H34N4O. The number of amidine groups is 1. The molecule has 5 heteroatoms. The molecule has 0 radical (unpaired) electrons. The van der Waals surface area contributed by atoms with E-state index in [-0.39, 0.29) is 5.91 Å². The summed E-state index contributed by atoms with van der Waals surface area (Å²) in [7, 11) is 2.02. The van der Waals surface area contributed by atoms with Crippen molar-refractivity contribution in [2.45, 2.75) is 34.1 Å². The van der Waals surface area contributed by atoms with Gasteiger partial charge in [-0.1, -0.05) is 42.8 Å². The van der Waals surface area contributed by atoms with Gasteiger partial charge in [0.25, 0.3) is 5.91 Å². The molecule has 2 aromatic rings. The average molecular weight is 419 g/mol. The highest BCUT2D eigenvalue weighted by Crippen LogP contribution is 2.21. The fourth-order valence-electron chi connectivity index (χ4n) is 2.99. The van der Waals surface area contributed by atoms with E-state index in [1.54, 1.807) is 0 Å². The Hall–Kier alpha value is -3.34. The largest absolute Gasteiger partial charge is 0.399 e. The molecule has 0 aliphatic heterocycles. The minimum atomic E-state index is -0.0963. The number of allylic oxidation sites excluding steroid dienone is 2. The molecular weight excluding hydrogens is 384 g/mol. The number of carbonyl (C=O) groups excluding carboxylic acids is 1. The van der Waals surface area contributed by atoms with Crippen LogP contribution < -0.4 is 11.1 Å². The topological polar surface area (TPSA) is 70.7 Å². The Bertz CT molecular complexity index is 954. The molecule has 2 rings (SSSR count). The molecule has 0 bridgehead atoms. The molecule has 0 aliphatic carbocycles. The number of likely N-dealkylation sites (N-methyl/N-ethyl adjacent to an activating group) is 1. The SMILES string of the molecule is CC/C=C(C)/N=C(/C=C(\C)CNC(=O)c1ccc(-c2ccc(N)cc2)cc1)N(C)CC. The lowest BCUT2D eigenvalue weighted by Gasteiger charge is -2.18. The van der Waals surface area contributed by atoms with Gasteiger partial charge in [0.1, 0.15) is 5.84 Å². The second-order valence-electron chi connectivity index (χ2n) is 7.61. The zero-order chi connectivity index (χ0) is 22.8. The number of rotatable bonds is 8. The molecule has 0 spiro atoms. The first-order valence-corrected chi connectivity index (χ1v) is 10.7. The molecule has 0 atom stereocenters. The van der Waals surface area contributed by atoms with Crippen molar-refractivity contribution in [2.24, 2.45) is 4.99 Å². The summed E-state index contributed by atoms with van der Waals surface area (Å²) in [4.78, 5) is 19.4. The zero-order valence-corrected chi connectivity index (χ0v) is 19.3. The summed E-state index contributed by atoms with van der Waals surface area (Å²) in [5.74, 6) is 0.797. The third kappa shape index (κ3) is 7.45. The second-order valence-corrected chi connectivity index (χ2v) is 7.61. The van der Waals surface area contributed by atoms with Gasteiger partial charge in [-0.15, -0.1) is 0 Å². The standard InChI is InChI=1S/C26H34N4O/c1-6-8-20(4)29-25(30(5)7-2)17-19(3)18-28-26(31)23-11-9-21(10-12-23)22-13-15-24(27)16-14-22/h8-17H,6-7,18,27H2,1-5H3,(H,28,31)/b19-17+,20-8+,29-25-. The Morgan fingerprint density at radius 1 is 1.03 bits per heavy atom. The first-order valence-electron chi connectivity index (χ1n) is 10.7. The molecule has 5 nitrogen and oxygen atoms in total. The molecule has 0 saturated heterocycles. The van der Waals surface area contributed by atoms with Crippen molar-refractivity contribution >= 4 is 17.4 Å². The lowest BCUT2D eigenvalue weighted by Crippen LogP contribution is -2.28. The van der Waals surface area contributed by atoms with Crippen LogP contribution in [0.2, 0.25) is 0 Å². The van der Waals surface area contributed by atoms with E-state index in [0.717, 1.165) is 46.9 Å². The van der Waals surface area contributed by atoms with Crippen molar-refractivity contribution in [1.29, 1.82) is 0 Å². The van der Waals surface area contributed by atoms with Crippen molar-refractivity contribution in [2.75, 3.05) is 25.9 Å². The van der Waals surface area contributed by atoms with E-state index in [2.05, 4.69) is 30.1 Å². The highest BCUT2D eigenvalue weighted by molar-refractivity contribution is 5.96. The molecule has 0 aromatic heterocycles. The van der Waals surface area contributed by atoms with E-state index in [1.165, 1.54) is 0 Å². The van der Waals surface area contributed by atoms with Gasteiger partial charge in [-0.25, -0.2) is 4.99 Å². The minimum absolute atomic E-state index is 0.0963. The maximum absolute atomic E-state index is 12.6. The van der Waals surface area contributed by atoms with Crippen LogP contribution in [0.3, 0.4) is 0 Å². The van der Waals surface area contributed by atoms with Gasteiger partial charge in [-0.2, -0.15) is 0 Å². The van der Waals surface area contributed by atoms with Crippen LogP contribution >= 0.6 is 0 Å². The van der Waals surface area contributed by atoms with Gasteiger partial charge in [0, 0.05) is 37.1 Å². The highest BCUT2D eigenvalue weighted by atomic mass is 16.1. The molecule has 0 saturated carbocycles. The first kappa shape index (κ1) is 23.9. The van der Waals surface area contributed by atoms with Gasteiger partial charge in [-0.3, -0.25) is 4.79 Å². The zero-order valence-electron chi connectivity index (χ0n) is 19.3. The maximum atomic E-state index is 12.6. The van der Waals surface area contributed by atoms with Crippen LogP contribution in [0.1, 0.15) is 44.5 Å². The van der Waals surface area contributed by atoms with Crippen LogP contribution in [0.4, 0.5) is 5.69 Å². The van der Waals surface area contributed by atoms with Gasteiger partial charge < -0.3 is 16.0 Å². The van der Waals surface area contributed by atoms with Gasteiger partial charge in [0.05, 0.1) is 0 Å². The van der Waals surface area contributed by atoms with Crippen molar-refractivity contribution < 1.29 is 4.79 Å². The maximum Gasteiger partial charge on any atom is 0.251 e. The fraction of sp³-hybridized carbons (Fsp3) is 0.308. The summed E-state index contributed by atoms with van der Waals surface area (Å²) < 4.78 is 0. The normalized spacial score (nSPS) is 12.6. The number of benzene rings is 2. The Morgan fingerprint density at radius 3 is 2.16 bits per heavy atom. The number of nitrogens with two attached hydrogens (primary N) is 1. The van der Waals surface area contributed by atoms with Crippen molar-refractivity contribution in [3.8, 4) is 11.1 Å². The number of nitrogens with one attached hydrogen (secondary N) is 1. The van der Waals surface area contributed by atoms with Gasteiger partial charge in [0.15, 0.2) is 0 Å². The summed E-state index contributed by atoms with van der Waals surface area (Å²) in [5.41, 5.74) is 11.3. The molecule has 164 valence electrons. The molecule has 3 N–H and O–H groups in total. The van der Waals surface area contributed by atoms with E-state index < -0.39 is 0 Å². The number of hydrogen-bond acceptors (Lipinski definition) is 3. The van der Waals surface area contributed by atoms with Crippen LogP contribution in [0, 0.1) is 0 Å². The molecule has 1 amide bonds. The van der Waals surface area contributed by atoms with Crippen molar-refractivity contribution in [3.05, 3.63) is 77.5 Å². The van der Waals surface area contributed by atoms with E-state index in [0.29, 0.717) is 12.1 Å². The average Bonchev–Trinajstić information content (AvgIpc) is 2.77. The Balaban J connectivity index is 2.04. The third-order valence-corrected chi connectivity index (χ3v) is 4.95. The van der Waals surface area contributed by atoms with E-state index in [4.69, 9.17) is 10.7 Å². The Morgan fingerprint density at radius 2 is 1.61 bits per heavy atom. The van der Waals surface area contributed by atoms with Gasteiger partial charge >= 0.3 is 0 Å². The third-order valence-electron chi connectivity index (χ3n) is 4.95. The predicted molar refractivity (Wildman–Crippen MR) is 132 cm³/mol. The van der Waals surface area contributed by atoms with Crippen LogP contribution in [0.5, 0.6) is 0 Å². The number of aliphatic imine (C=N–C) groups is 1. The van der Waals surface area contributed by atoms with E-state index in [1.807, 2.05) is 75.5 Å². The molecule has 0 heterocycles. The van der Waals surface area contributed by atoms with Crippen LogP contribution in [0.25, 0.3) is 11.1 Å². The van der Waals surface area contributed by atoms with Crippen molar-refractivity contribution in [3.63, 3.8) is 0 Å². The molecule has 2 aromatic carbocycles. The molecule has 0 unspecified atom stereocenters. The number of nitrogen functional groups attached to an aromatic ring is 1. The Labute approximate surface area is 186 Å². The second kappa shape index (κ2) is 11.7. The van der Waals surface area contributed by atoms with Gasteiger partial charge in [0.2, 0.25) is 0 Å². The number of anilines is 1. The summed E-state index contributed by atoms with van der Waals surface area (Å²) in [5, 5.41) is 2.99. The predicted octanol–water partition coefficient (Wildman–Crippen LogP) is 5.28. The smallest absolute Gasteiger partial charge is 0.251 e. The molecule has 0 fully saturated rings. The summed E-state index contributed by atoms with van der Waals surface area (Å²) >= 11 is 0. The quantitative estimate of drug-likeness (QED) is 0.348. The van der Waals surface area contributed by atoms with E-state index in [9.17, 15) is 4.79 Å². The number of carbonyl (C=O) groups is 1. The monoisotopic (exact) mass is 418 g/mol. The summed E-state index contributed by atoms with van der Waals surface area (Å²) in [6, 6.07) is 15.3. The van der Waals surface area contributed by atoms with Crippen LogP contribution in [-0.2, 0) is 0 Å². The van der Waals surface area contributed by atoms with Crippen LogP contribution in [-0.4, -0.2) is 36.8 Å².